The smallest absolute Gasteiger partial charge is 0.333 e. The van der Waals surface area contributed by atoms with Gasteiger partial charge in [0, 0.05) is 37.7 Å². The third-order valence-electron chi connectivity index (χ3n) is 4.97. The van der Waals surface area contributed by atoms with Crippen molar-refractivity contribution in [1.29, 1.82) is 0 Å². The fraction of sp³-hybridized carbons (Fsp3) is 0.600. The average molecular weight is 362 g/mol. The van der Waals surface area contributed by atoms with Crippen LogP contribution in [0.3, 0.4) is 0 Å². The molecule has 26 heavy (non-hydrogen) atoms. The number of carbonyl (C=O) groups excluding carboxylic acids is 4. The predicted octanol–water partition coefficient (Wildman–Crippen LogP) is 2.50. The van der Waals surface area contributed by atoms with Crippen molar-refractivity contribution < 1.29 is 28.7 Å². The van der Waals surface area contributed by atoms with Crippen LogP contribution in [-0.2, 0) is 28.7 Å². The Morgan fingerprint density at radius 3 is 2.54 bits per heavy atom. The van der Waals surface area contributed by atoms with E-state index in [1.807, 2.05) is 6.92 Å². The number of fused-ring (bicyclic) bond motifs is 2. The molecule has 0 aromatic heterocycles. The number of carbonyl (C=O) groups is 4. The standard InChI is InChI=1S/C20H26O6/c1-12(2)13-5-6-14(19(24)25-4)8-16(22)10-20(3)11-17(23)18(26-20)9-15(21)7-13/h6,13,18H,1,5,7-11H2,2-4H3/b14-6-/t13-,18-,20-/m0/s1. The van der Waals surface area contributed by atoms with Gasteiger partial charge in [-0.05, 0) is 26.2 Å². The van der Waals surface area contributed by atoms with Crippen LogP contribution in [0.1, 0.15) is 52.4 Å². The molecule has 0 amide bonds. The molecule has 0 unspecified atom stereocenters. The average Bonchev–Trinajstić information content (AvgIpc) is 2.81. The zero-order valence-corrected chi connectivity index (χ0v) is 15.6. The minimum Gasteiger partial charge on any atom is -0.466 e. The third kappa shape index (κ3) is 4.97. The molecule has 0 aliphatic carbocycles. The molecule has 142 valence electrons. The van der Waals surface area contributed by atoms with Gasteiger partial charge in [-0.3, -0.25) is 14.4 Å². The molecule has 0 N–H and O–H groups in total. The summed E-state index contributed by atoms with van der Waals surface area (Å²) in [6.45, 7) is 7.44. The number of allylic oxidation sites excluding steroid dienone is 2. The van der Waals surface area contributed by atoms with E-state index in [1.165, 1.54) is 7.11 Å². The summed E-state index contributed by atoms with van der Waals surface area (Å²) in [5, 5.41) is 0. The van der Waals surface area contributed by atoms with E-state index in [4.69, 9.17) is 9.47 Å². The van der Waals surface area contributed by atoms with Crippen molar-refractivity contribution in [2.24, 2.45) is 5.92 Å². The van der Waals surface area contributed by atoms with Crippen molar-refractivity contribution in [3.05, 3.63) is 23.8 Å². The summed E-state index contributed by atoms with van der Waals surface area (Å²) in [5.74, 6) is -1.16. The van der Waals surface area contributed by atoms with Gasteiger partial charge in [0.1, 0.15) is 17.7 Å². The van der Waals surface area contributed by atoms with Gasteiger partial charge in [0.05, 0.1) is 12.7 Å². The second-order valence-corrected chi connectivity index (χ2v) is 7.54. The molecule has 0 aromatic rings. The second-order valence-electron chi connectivity index (χ2n) is 7.54. The first-order valence-corrected chi connectivity index (χ1v) is 8.80. The van der Waals surface area contributed by atoms with Gasteiger partial charge < -0.3 is 9.47 Å². The molecule has 0 aromatic carbocycles. The maximum atomic E-state index is 12.5. The molecule has 2 bridgehead atoms. The Morgan fingerprint density at radius 2 is 1.92 bits per heavy atom. The summed E-state index contributed by atoms with van der Waals surface area (Å²) < 4.78 is 10.6. The highest BCUT2D eigenvalue weighted by Crippen LogP contribution is 2.34. The normalized spacial score (nSPS) is 32.7. The molecule has 0 radical (unpaired) electrons. The molecule has 0 spiro atoms. The lowest BCUT2D eigenvalue weighted by Crippen LogP contribution is -2.29. The Kier molecular flexibility index (Phi) is 6.29. The summed E-state index contributed by atoms with van der Waals surface area (Å²) >= 11 is 0. The number of rotatable bonds is 2. The molecular weight excluding hydrogens is 336 g/mol. The molecule has 2 rings (SSSR count). The van der Waals surface area contributed by atoms with Crippen LogP contribution in [0, 0.1) is 5.92 Å². The zero-order valence-electron chi connectivity index (χ0n) is 15.6. The van der Waals surface area contributed by atoms with Crippen LogP contribution in [0.15, 0.2) is 23.8 Å². The van der Waals surface area contributed by atoms with E-state index in [2.05, 4.69) is 6.58 Å². The van der Waals surface area contributed by atoms with Crippen LogP contribution < -0.4 is 0 Å². The fourth-order valence-electron chi connectivity index (χ4n) is 3.55. The molecule has 2 aliphatic heterocycles. The highest BCUT2D eigenvalue weighted by molar-refractivity contribution is 5.97. The van der Waals surface area contributed by atoms with Crippen molar-refractivity contribution in [2.45, 2.75) is 64.1 Å². The third-order valence-corrected chi connectivity index (χ3v) is 4.97. The second kappa shape index (κ2) is 8.08. The lowest BCUT2D eigenvalue weighted by Gasteiger charge is -2.23. The summed E-state index contributed by atoms with van der Waals surface area (Å²) in [4.78, 5) is 49.1. The quantitative estimate of drug-likeness (QED) is 0.554. The largest absolute Gasteiger partial charge is 0.466 e. The van der Waals surface area contributed by atoms with Gasteiger partial charge in [-0.2, -0.15) is 0 Å². The molecule has 2 heterocycles. The number of ketones is 3. The topological polar surface area (TPSA) is 86.7 Å². The van der Waals surface area contributed by atoms with Gasteiger partial charge in [0.15, 0.2) is 5.78 Å². The van der Waals surface area contributed by atoms with E-state index in [9.17, 15) is 19.2 Å². The Balaban J connectivity index is 2.34. The van der Waals surface area contributed by atoms with Gasteiger partial charge in [-0.15, -0.1) is 0 Å². The molecule has 3 atom stereocenters. The van der Waals surface area contributed by atoms with Gasteiger partial charge in [0.25, 0.3) is 0 Å². The fourth-order valence-corrected chi connectivity index (χ4v) is 3.55. The lowest BCUT2D eigenvalue weighted by molar-refractivity contribution is -0.138. The Hall–Kier alpha value is -2.08. The number of methoxy groups -OCH3 is 1. The molecule has 6 heteroatoms. The minimum absolute atomic E-state index is 0.0139. The van der Waals surface area contributed by atoms with Crippen LogP contribution in [0.2, 0.25) is 0 Å². The highest BCUT2D eigenvalue weighted by atomic mass is 16.5. The number of ether oxygens (including phenoxy) is 2. The Bertz CT molecular complexity index is 674. The molecule has 1 fully saturated rings. The van der Waals surface area contributed by atoms with Gasteiger partial charge >= 0.3 is 5.97 Å². The number of esters is 1. The number of Topliss-reactive ketones (excluding diaryl/α,β-unsaturated/α-hetero) is 3. The SMILES string of the molecule is C=C(C)[C@H]1C/C=C(\C(=O)OC)CC(=O)C[C@@]2(C)CC(=O)[C@H](CC(=O)C1)O2. The predicted molar refractivity (Wildman–Crippen MR) is 94.4 cm³/mol. The van der Waals surface area contributed by atoms with Crippen molar-refractivity contribution in [3.63, 3.8) is 0 Å². The van der Waals surface area contributed by atoms with E-state index in [-0.39, 0.29) is 60.9 Å². The van der Waals surface area contributed by atoms with Crippen molar-refractivity contribution >= 4 is 23.3 Å². The Morgan fingerprint density at radius 1 is 1.23 bits per heavy atom. The zero-order chi connectivity index (χ0) is 19.5. The minimum atomic E-state index is -0.928. The number of hydrogen-bond acceptors (Lipinski definition) is 6. The lowest BCUT2D eigenvalue weighted by atomic mass is 9.87. The van der Waals surface area contributed by atoms with Gasteiger partial charge in [0.2, 0.25) is 0 Å². The maximum absolute atomic E-state index is 12.5. The summed E-state index contributed by atoms with van der Waals surface area (Å²) in [7, 11) is 1.26. The van der Waals surface area contributed by atoms with E-state index in [1.54, 1.807) is 13.0 Å². The maximum Gasteiger partial charge on any atom is 0.333 e. The van der Waals surface area contributed by atoms with Crippen molar-refractivity contribution in [1.82, 2.24) is 0 Å². The van der Waals surface area contributed by atoms with E-state index in [0.29, 0.717) is 6.42 Å². The molecular formula is C20H26O6. The van der Waals surface area contributed by atoms with Crippen molar-refractivity contribution in [3.8, 4) is 0 Å². The Labute approximate surface area is 153 Å². The van der Waals surface area contributed by atoms with Gasteiger partial charge in [-0.1, -0.05) is 18.2 Å². The molecule has 1 saturated heterocycles. The van der Waals surface area contributed by atoms with E-state index < -0.39 is 17.7 Å². The monoisotopic (exact) mass is 362 g/mol. The van der Waals surface area contributed by atoms with Gasteiger partial charge in [-0.25, -0.2) is 4.79 Å². The number of hydrogen-bond donors (Lipinski definition) is 0. The van der Waals surface area contributed by atoms with E-state index >= 15 is 0 Å². The van der Waals surface area contributed by atoms with Crippen molar-refractivity contribution in [2.75, 3.05) is 7.11 Å². The molecule has 2 aliphatic rings. The summed E-state index contributed by atoms with van der Waals surface area (Å²) in [6, 6.07) is 0. The summed E-state index contributed by atoms with van der Waals surface area (Å²) in [6.07, 6.45) is 1.55. The highest BCUT2D eigenvalue weighted by Gasteiger charge is 2.44. The first-order chi connectivity index (χ1) is 12.1. The van der Waals surface area contributed by atoms with Crippen LogP contribution in [0.25, 0.3) is 0 Å². The van der Waals surface area contributed by atoms with Crippen LogP contribution in [-0.4, -0.2) is 42.1 Å². The molecule has 6 nitrogen and oxygen atoms in total. The van der Waals surface area contributed by atoms with Crippen LogP contribution in [0.5, 0.6) is 0 Å². The van der Waals surface area contributed by atoms with Crippen LogP contribution >= 0.6 is 0 Å². The van der Waals surface area contributed by atoms with Crippen LogP contribution in [0.4, 0.5) is 0 Å². The molecule has 0 saturated carbocycles. The van der Waals surface area contributed by atoms with E-state index in [0.717, 1.165) is 5.57 Å². The first-order valence-electron chi connectivity index (χ1n) is 8.80. The first kappa shape index (κ1) is 20.2. The summed E-state index contributed by atoms with van der Waals surface area (Å²) in [5.41, 5.74) is 0.144.